The summed E-state index contributed by atoms with van der Waals surface area (Å²) in [5, 5.41) is 0. The molecule has 20 heavy (non-hydrogen) atoms. The molecule has 1 atom stereocenters. The Bertz CT molecular complexity index is 734. The van der Waals surface area contributed by atoms with Gasteiger partial charge in [-0.1, -0.05) is 54.5 Å². The third kappa shape index (κ3) is 3.92. The van der Waals surface area contributed by atoms with Gasteiger partial charge in [0.15, 0.2) is 0 Å². The van der Waals surface area contributed by atoms with E-state index in [0.29, 0.717) is 13.2 Å². The minimum Gasteiger partial charge on any atom is -0.367 e. The van der Waals surface area contributed by atoms with Gasteiger partial charge in [0.25, 0.3) is 0 Å². The van der Waals surface area contributed by atoms with Crippen LogP contribution in [0.3, 0.4) is 0 Å². The third-order valence-electron chi connectivity index (χ3n) is 3.08. The summed E-state index contributed by atoms with van der Waals surface area (Å²) in [5.74, 6) is 0. The van der Waals surface area contributed by atoms with Crippen molar-refractivity contribution in [1.82, 2.24) is 4.90 Å². The molecule has 0 N–H and O–H groups in total. The Hall–Kier alpha value is -1.64. The van der Waals surface area contributed by atoms with Crippen molar-refractivity contribution in [3.63, 3.8) is 0 Å². The van der Waals surface area contributed by atoms with Gasteiger partial charge < -0.3 is 9.64 Å². The lowest BCUT2D eigenvalue weighted by Gasteiger charge is -2.22. The van der Waals surface area contributed by atoms with Crippen molar-refractivity contribution in [2.45, 2.75) is 13.0 Å². The van der Waals surface area contributed by atoms with Gasteiger partial charge in [-0.25, -0.2) is 0 Å². The lowest BCUT2D eigenvalue weighted by molar-refractivity contribution is 0.0683. The first-order valence-corrected chi connectivity index (χ1v) is 6.64. The fourth-order valence-electron chi connectivity index (χ4n) is 1.95. The van der Waals surface area contributed by atoms with Crippen LogP contribution >= 0.6 is 0 Å². The fraction of sp³-hybridized carbons (Fsp3) is 0.333. The smallest absolute Gasteiger partial charge is 0.108 e. The molecule has 0 heterocycles. The quantitative estimate of drug-likeness (QED) is 0.797. The standard InChI is InChI=1S/C18H23NO/c1-15-9-7-8-12-17(15)18(20-14-13-19(2)3)16-10-5-4-6-11-16/h4-12,18H,13-14H2,1-3H3/i4D,5D,6D,10D,11D. The van der Waals surface area contributed by atoms with Crippen molar-refractivity contribution in [3.8, 4) is 0 Å². The minimum atomic E-state index is -0.713. The van der Waals surface area contributed by atoms with Crippen molar-refractivity contribution in [1.29, 1.82) is 0 Å². The predicted octanol–water partition coefficient (Wildman–Crippen LogP) is 3.66. The molecule has 2 heteroatoms. The molecular weight excluding hydrogens is 246 g/mol. The Labute approximate surface area is 129 Å². The van der Waals surface area contributed by atoms with Crippen molar-refractivity contribution in [2.75, 3.05) is 27.2 Å². The summed E-state index contributed by atoms with van der Waals surface area (Å²) in [4.78, 5) is 1.97. The summed E-state index contributed by atoms with van der Waals surface area (Å²) in [6.07, 6.45) is -0.713. The summed E-state index contributed by atoms with van der Waals surface area (Å²) < 4.78 is 46.1. The van der Waals surface area contributed by atoms with Crippen LogP contribution in [0.4, 0.5) is 0 Å². The van der Waals surface area contributed by atoms with Crippen LogP contribution in [0.25, 0.3) is 0 Å². The average Bonchev–Trinajstić information content (AvgIpc) is 2.57. The zero-order chi connectivity index (χ0) is 18.7. The van der Waals surface area contributed by atoms with Crippen LogP contribution in [0.5, 0.6) is 0 Å². The molecule has 2 aromatic carbocycles. The Kier molecular flexibility index (Phi) is 3.37. The maximum atomic E-state index is 8.24. The lowest BCUT2D eigenvalue weighted by atomic mass is 9.97. The molecule has 2 rings (SSSR count). The maximum Gasteiger partial charge on any atom is 0.108 e. The van der Waals surface area contributed by atoms with Gasteiger partial charge in [0.1, 0.15) is 6.10 Å². The second-order valence-corrected chi connectivity index (χ2v) is 4.95. The number of aryl methyl sites for hydroxylation is 1. The summed E-state index contributed by atoms with van der Waals surface area (Å²) in [6.45, 7) is 2.97. The Morgan fingerprint density at radius 2 is 1.85 bits per heavy atom. The molecule has 0 amide bonds. The first-order chi connectivity index (χ1) is 11.8. The van der Waals surface area contributed by atoms with Gasteiger partial charge in [0.2, 0.25) is 0 Å². The number of ether oxygens (including phenoxy) is 1. The lowest BCUT2D eigenvalue weighted by Crippen LogP contribution is -2.20. The molecule has 1 unspecified atom stereocenters. The first-order valence-electron chi connectivity index (χ1n) is 9.14. The Morgan fingerprint density at radius 1 is 1.15 bits per heavy atom. The van der Waals surface area contributed by atoms with E-state index in [1.807, 2.05) is 50.2 Å². The number of hydrogen-bond donors (Lipinski definition) is 0. The van der Waals surface area contributed by atoms with Gasteiger partial charge in [-0.3, -0.25) is 0 Å². The van der Waals surface area contributed by atoms with E-state index in [1.165, 1.54) is 0 Å². The highest BCUT2D eigenvalue weighted by Crippen LogP contribution is 2.28. The monoisotopic (exact) mass is 274 g/mol. The normalized spacial score (nSPS) is 16.1. The van der Waals surface area contributed by atoms with Gasteiger partial charge >= 0.3 is 0 Å². The van der Waals surface area contributed by atoms with Crippen molar-refractivity contribution in [3.05, 3.63) is 71.2 Å². The van der Waals surface area contributed by atoms with E-state index in [1.54, 1.807) is 0 Å². The average molecular weight is 274 g/mol. The number of benzene rings is 2. The molecule has 2 nitrogen and oxygen atoms in total. The fourth-order valence-corrected chi connectivity index (χ4v) is 1.95. The number of hydrogen-bond acceptors (Lipinski definition) is 2. The van der Waals surface area contributed by atoms with Crippen LogP contribution in [-0.2, 0) is 4.74 Å². The Balaban J connectivity index is 2.59. The molecule has 0 aromatic heterocycles. The van der Waals surface area contributed by atoms with Crippen LogP contribution < -0.4 is 0 Å². The Morgan fingerprint density at radius 3 is 2.50 bits per heavy atom. The first kappa shape index (κ1) is 9.32. The highest BCUT2D eigenvalue weighted by molar-refractivity contribution is 5.35. The molecule has 0 radical (unpaired) electrons. The molecule has 0 fully saturated rings. The van der Waals surface area contributed by atoms with E-state index >= 15 is 0 Å². The van der Waals surface area contributed by atoms with Crippen LogP contribution in [0, 0.1) is 6.92 Å². The van der Waals surface area contributed by atoms with Crippen molar-refractivity contribution < 1.29 is 11.6 Å². The van der Waals surface area contributed by atoms with E-state index in [9.17, 15) is 0 Å². The second kappa shape index (κ2) is 7.22. The number of rotatable bonds is 6. The van der Waals surface area contributed by atoms with Gasteiger partial charge in [-0.05, 0) is 37.7 Å². The van der Waals surface area contributed by atoms with Crippen LogP contribution in [0.1, 0.15) is 29.6 Å². The van der Waals surface area contributed by atoms with Crippen LogP contribution in [-0.4, -0.2) is 32.1 Å². The molecule has 0 aliphatic carbocycles. The molecule has 2 aromatic rings. The van der Waals surface area contributed by atoms with E-state index in [2.05, 4.69) is 0 Å². The summed E-state index contributed by atoms with van der Waals surface area (Å²) in [7, 11) is 3.85. The summed E-state index contributed by atoms with van der Waals surface area (Å²) >= 11 is 0. The van der Waals surface area contributed by atoms with Crippen LogP contribution in [0.2, 0.25) is 0 Å². The molecule has 0 bridgehead atoms. The van der Waals surface area contributed by atoms with Gasteiger partial charge in [-0.2, -0.15) is 0 Å². The van der Waals surface area contributed by atoms with E-state index in [0.717, 1.165) is 11.1 Å². The predicted molar refractivity (Wildman–Crippen MR) is 84.0 cm³/mol. The number of likely N-dealkylation sites (N-methyl/N-ethyl adjacent to an activating group) is 1. The third-order valence-corrected chi connectivity index (χ3v) is 3.08. The second-order valence-electron chi connectivity index (χ2n) is 4.95. The van der Waals surface area contributed by atoms with Crippen molar-refractivity contribution >= 4 is 0 Å². The molecule has 0 saturated heterocycles. The largest absolute Gasteiger partial charge is 0.367 e. The summed E-state index contributed by atoms with van der Waals surface area (Å²) in [6, 6.07) is 6.04. The highest BCUT2D eigenvalue weighted by Gasteiger charge is 2.16. The van der Waals surface area contributed by atoms with E-state index in [4.69, 9.17) is 11.6 Å². The highest BCUT2D eigenvalue weighted by atomic mass is 16.5. The maximum absolute atomic E-state index is 8.24. The molecule has 0 saturated carbocycles. The number of nitrogens with zero attached hydrogens (tertiary/aromatic N) is 1. The van der Waals surface area contributed by atoms with E-state index < -0.39 is 12.1 Å². The van der Waals surface area contributed by atoms with Crippen LogP contribution in [0.15, 0.2) is 54.5 Å². The molecule has 106 valence electrons. The van der Waals surface area contributed by atoms with Crippen molar-refractivity contribution in [2.24, 2.45) is 0 Å². The minimum absolute atomic E-state index is 0.180. The molecule has 0 spiro atoms. The molecule has 0 aliphatic heterocycles. The molecule has 0 aliphatic rings. The van der Waals surface area contributed by atoms with Gasteiger partial charge in [-0.15, -0.1) is 0 Å². The van der Waals surface area contributed by atoms with Gasteiger partial charge in [0, 0.05) is 6.54 Å². The van der Waals surface area contributed by atoms with Gasteiger partial charge in [0.05, 0.1) is 13.5 Å². The SMILES string of the molecule is [2H]c1c([2H])c([2H])c(C(OCCN(C)C)c2ccccc2C)c([2H])c1[2H]. The molecular formula is C18H23NO. The zero-order valence-corrected chi connectivity index (χ0v) is 12.2. The zero-order valence-electron chi connectivity index (χ0n) is 17.2. The topological polar surface area (TPSA) is 12.5 Å². The summed E-state index contributed by atoms with van der Waals surface area (Å²) in [5.41, 5.74) is 1.93. The van der Waals surface area contributed by atoms with E-state index in [-0.39, 0.29) is 29.7 Å².